The Balaban J connectivity index is 1.11. The van der Waals surface area contributed by atoms with Crippen LogP contribution in [-0.2, 0) is 0 Å². The molecule has 0 bridgehead atoms. The topological polar surface area (TPSA) is 71.5 Å². The van der Waals surface area contributed by atoms with E-state index in [0.29, 0.717) is 11.6 Å². The number of aromatic nitrogens is 3. The van der Waals surface area contributed by atoms with Crippen molar-refractivity contribution in [1.82, 2.24) is 23.5 Å². The number of ether oxygens (including phenoxy) is 1. The number of likely N-dealkylation sites (tertiary alicyclic amines) is 2. The number of nitrogens with zero attached hydrogens (tertiary/aromatic N) is 5. The van der Waals surface area contributed by atoms with E-state index in [1.807, 2.05) is 35.2 Å². The third kappa shape index (κ3) is 4.15. The molecule has 2 saturated heterocycles. The summed E-state index contributed by atoms with van der Waals surface area (Å²) in [6, 6.07) is 10.0. The number of carbonyl (C=O) groups is 1. The van der Waals surface area contributed by atoms with Crippen molar-refractivity contribution in [3.63, 3.8) is 0 Å². The summed E-state index contributed by atoms with van der Waals surface area (Å²) < 4.78 is 14.5. The predicted octanol–water partition coefficient (Wildman–Crippen LogP) is 3.23. The average molecular weight is 424 g/mol. The molecule has 4 heterocycles. The zero-order valence-corrected chi connectivity index (χ0v) is 17.6. The highest BCUT2D eigenvalue weighted by atomic mass is 32.1. The van der Waals surface area contributed by atoms with E-state index in [0.717, 1.165) is 68.6 Å². The first-order chi connectivity index (χ1) is 14.8. The molecule has 2 aromatic heterocycles. The first-order valence-electron chi connectivity index (χ1n) is 10.6. The lowest BCUT2D eigenvalue weighted by Gasteiger charge is -2.41. The van der Waals surface area contributed by atoms with Crippen molar-refractivity contribution < 1.29 is 9.53 Å². The minimum atomic E-state index is 0.104. The van der Waals surface area contributed by atoms with E-state index in [2.05, 4.69) is 18.6 Å². The van der Waals surface area contributed by atoms with Gasteiger partial charge in [0.25, 0.3) is 5.91 Å². The molecular formula is C22H25N5O2S. The van der Waals surface area contributed by atoms with Crippen molar-refractivity contribution in [1.29, 1.82) is 0 Å². The number of hydrogen-bond donors (Lipinski definition) is 0. The van der Waals surface area contributed by atoms with Crippen LogP contribution in [0.25, 0.3) is 11.0 Å². The van der Waals surface area contributed by atoms with Crippen molar-refractivity contribution in [3.05, 3.63) is 48.3 Å². The molecule has 0 atom stereocenters. The zero-order valence-electron chi connectivity index (χ0n) is 16.8. The lowest BCUT2D eigenvalue weighted by Crippen LogP contribution is -2.50. The lowest BCUT2D eigenvalue weighted by molar-refractivity contribution is 0.0425. The SMILES string of the molecule is O=C(c1ccc2nsnc2c1)N1CCC(N2CCC(Oc3ccncc3)CC2)CC1. The average Bonchev–Trinajstić information content (AvgIpc) is 3.28. The van der Waals surface area contributed by atoms with E-state index < -0.39 is 0 Å². The van der Waals surface area contributed by atoms with Gasteiger partial charge in [-0.05, 0) is 56.0 Å². The fraction of sp³-hybridized carbons (Fsp3) is 0.455. The fourth-order valence-corrected chi connectivity index (χ4v) is 5.02. The van der Waals surface area contributed by atoms with E-state index in [9.17, 15) is 4.79 Å². The predicted molar refractivity (Wildman–Crippen MR) is 116 cm³/mol. The van der Waals surface area contributed by atoms with E-state index in [1.54, 1.807) is 12.4 Å². The molecule has 1 aromatic carbocycles. The summed E-state index contributed by atoms with van der Waals surface area (Å²) in [6.07, 6.45) is 7.97. The first-order valence-corrected chi connectivity index (χ1v) is 11.3. The number of amides is 1. The number of hydrogen-bond acceptors (Lipinski definition) is 7. The van der Waals surface area contributed by atoms with Gasteiger partial charge >= 0.3 is 0 Å². The maximum atomic E-state index is 12.9. The lowest BCUT2D eigenvalue weighted by atomic mass is 9.98. The standard InChI is InChI=1S/C22H25N5O2S/c28-22(16-1-2-20-21(15-16)25-30-24-20)27-11-5-17(6-12-27)26-13-7-19(8-14-26)29-18-3-9-23-10-4-18/h1-4,9-10,15,17,19H,5-8,11-14H2. The number of benzene rings is 1. The molecule has 8 heteroatoms. The Morgan fingerprint density at radius 2 is 1.67 bits per heavy atom. The Bertz CT molecular complexity index is 995. The van der Waals surface area contributed by atoms with Gasteiger partial charge in [-0.3, -0.25) is 14.7 Å². The Labute approximate surface area is 180 Å². The molecule has 2 aliphatic heterocycles. The van der Waals surface area contributed by atoms with Gasteiger partial charge < -0.3 is 9.64 Å². The monoisotopic (exact) mass is 423 g/mol. The summed E-state index contributed by atoms with van der Waals surface area (Å²) in [6.45, 7) is 3.73. The van der Waals surface area contributed by atoms with Crippen LogP contribution in [-0.4, -0.2) is 67.8 Å². The Morgan fingerprint density at radius 1 is 0.933 bits per heavy atom. The minimum Gasteiger partial charge on any atom is -0.490 e. The Kier molecular flexibility index (Phi) is 5.59. The van der Waals surface area contributed by atoms with E-state index >= 15 is 0 Å². The highest BCUT2D eigenvalue weighted by Crippen LogP contribution is 2.25. The number of fused-ring (bicyclic) bond motifs is 1. The third-order valence-corrected chi connectivity index (χ3v) is 6.75. The largest absolute Gasteiger partial charge is 0.490 e. The first kappa shape index (κ1) is 19.4. The summed E-state index contributed by atoms with van der Waals surface area (Å²) in [7, 11) is 0. The van der Waals surface area contributed by atoms with E-state index in [4.69, 9.17) is 4.74 Å². The normalized spacial score (nSPS) is 19.3. The van der Waals surface area contributed by atoms with Gasteiger partial charge in [-0.25, -0.2) is 0 Å². The highest BCUT2D eigenvalue weighted by molar-refractivity contribution is 7.00. The van der Waals surface area contributed by atoms with Crippen molar-refractivity contribution in [2.24, 2.45) is 0 Å². The van der Waals surface area contributed by atoms with Gasteiger partial charge in [-0.2, -0.15) is 8.75 Å². The van der Waals surface area contributed by atoms with Gasteiger partial charge in [0.1, 0.15) is 22.9 Å². The van der Waals surface area contributed by atoms with Gasteiger partial charge in [0.15, 0.2) is 0 Å². The van der Waals surface area contributed by atoms with Crippen LogP contribution in [0.15, 0.2) is 42.7 Å². The van der Waals surface area contributed by atoms with Crippen molar-refractivity contribution in [2.45, 2.75) is 37.8 Å². The molecule has 7 nitrogen and oxygen atoms in total. The molecule has 0 unspecified atom stereocenters. The quantitative estimate of drug-likeness (QED) is 0.642. The van der Waals surface area contributed by atoms with Crippen LogP contribution in [0.4, 0.5) is 0 Å². The number of pyridine rings is 1. The van der Waals surface area contributed by atoms with E-state index in [-0.39, 0.29) is 12.0 Å². The molecule has 2 fully saturated rings. The smallest absolute Gasteiger partial charge is 0.253 e. The Morgan fingerprint density at radius 3 is 2.43 bits per heavy atom. The van der Waals surface area contributed by atoms with Crippen molar-refractivity contribution in [2.75, 3.05) is 26.2 Å². The Hall–Kier alpha value is -2.58. The van der Waals surface area contributed by atoms with Crippen molar-refractivity contribution >= 4 is 28.7 Å². The van der Waals surface area contributed by atoms with Gasteiger partial charge in [0, 0.05) is 50.2 Å². The molecule has 0 aliphatic carbocycles. The maximum absolute atomic E-state index is 12.9. The molecule has 3 aromatic rings. The molecule has 0 spiro atoms. The molecule has 0 saturated carbocycles. The molecule has 2 aliphatic rings. The minimum absolute atomic E-state index is 0.104. The second-order valence-corrected chi connectivity index (χ2v) is 8.56. The van der Waals surface area contributed by atoms with Gasteiger partial charge in [0.05, 0.1) is 11.7 Å². The molecule has 30 heavy (non-hydrogen) atoms. The highest BCUT2D eigenvalue weighted by Gasteiger charge is 2.30. The van der Waals surface area contributed by atoms with E-state index in [1.165, 1.54) is 11.7 Å². The van der Waals surface area contributed by atoms with Gasteiger partial charge in [-0.1, -0.05) is 0 Å². The maximum Gasteiger partial charge on any atom is 0.253 e. The summed E-state index contributed by atoms with van der Waals surface area (Å²) in [5.41, 5.74) is 2.37. The van der Waals surface area contributed by atoms with Crippen LogP contribution in [0.2, 0.25) is 0 Å². The molecule has 156 valence electrons. The van der Waals surface area contributed by atoms with Crippen LogP contribution in [0, 0.1) is 0 Å². The zero-order chi connectivity index (χ0) is 20.3. The summed E-state index contributed by atoms with van der Waals surface area (Å²) >= 11 is 1.18. The van der Waals surface area contributed by atoms with Crippen LogP contribution >= 0.6 is 11.7 Å². The van der Waals surface area contributed by atoms with Crippen molar-refractivity contribution in [3.8, 4) is 5.75 Å². The van der Waals surface area contributed by atoms with Crippen LogP contribution < -0.4 is 4.74 Å². The third-order valence-electron chi connectivity index (χ3n) is 6.20. The molecular weight excluding hydrogens is 398 g/mol. The van der Waals surface area contributed by atoms with Crippen LogP contribution in [0.3, 0.4) is 0 Å². The molecule has 5 rings (SSSR count). The second-order valence-electron chi connectivity index (χ2n) is 8.03. The summed E-state index contributed by atoms with van der Waals surface area (Å²) in [5, 5.41) is 0. The van der Waals surface area contributed by atoms with Gasteiger partial charge in [0.2, 0.25) is 0 Å². The molecule has 0 radical (unpaired) electrons. The van der Waals surface area contributed by atoms with Gasteiger partial charge in [-0.15, -0.1) is 0 Å². The molecule has 0 N–H and O–H groups in total. The summed E-state index contributed by atoms with van der Waals surface area (Å²) in [5.74, 6) is 1.01. The number of carbonyl (C=O) groups excluding carboxylic acids is 1. The second kappa shape index (κ2) is 8.65. The fourth-order valence-electron chi connectivity index (χ4n) is 4.50. The van der Waals surface area contributed by atoms with Crippen LogP contribution in [0.5, 0.6) is 5.75 Å². The molecule has 1 amide bonds. The number of rotatable bonds is 4. The number of piperidine rings is 2. The summed E-state index contributed by atoms with van der Waals surface area (Å²) in [4.78, 5) is 21.5. The van der Waals surface area contributed by atoms with Crippen LogP contribution in [0.1, 0.15) is 36.0 Å².